The van der Waals surface area contributed by atoms with Gasteiger partial charge >= 0.3 is 0 Å². The summed E-state index contributed by atoms with van der Waals surface area (Å²) in [7, 11) is 0. The van der Waals surface area contributed by atoms with Crippen molar-refractivity contribution in [2.24, 2.45) is 0 Å². The number of rotatable bonds is 4. The SMILES string of the molecule is CCC(C)N1CCN(c2ncccc2[C@@H](C)O)CC1. The van der Waals surface area contributed by atoms with E-state index in [1.54, 1.807) is 6.92 Å². The van der Waals surface area contributed by atoms with Crippen LogP contribution in [0.2, 0.25) is 0 Å². The number of hydrogen-bond acceptors (Lipinski definition) is 4. The van der Waals surface area contributed by atoms with Gasteiger partial charge in [0.25, 0.3) is 0 Å². The predicted molar refractivity (Wildman–Crippen MR) is 78.4 cm³/mol. The summed E-state index contributed by atoms with van der Waals surface area (Å²) < 4.78 is 0. The minimum Gasteiger partial charge on any atom is -0.389 e. The van der Waals surface area contributed by atoms with Crippen LogP contribution in [0.4, 0.5) is 5.82 Å². The fourth-order valence-corrected chi connectivity index (χ4v) is 2.63. The van der Waals surface area contributed by atoms with E-state index in [1.165, 1.54) is 6.42 Å². The van der Waals surface area contributed by atoms with Gasteiger partial charge in [-0.15, -0.1) is 0 Å². The Labute approximate surface area is 116 Å². The molecule has 1 aromatic heterocycles. The van der Waals surface area contributed by atoms with Crippen LogP contribution in [-0.2, 0) is 0 Å². The molecule has 2 rings (SSSR count). The Hall–Kier alpha value is -1.13. The van der Waals surface area contributed by atoms with Crippen molar-refractivity contribution in [2.45, 2.75) is 39.3 Å². The van der Waals surface area contributed by atoms with Crippen LogP contribution in [0.1, 0.15) is 38.9 Å². The van der Waals surface area contributed by atoms with E-state index >= 15 is 0 Å². The maximum Gasteiger partial charge on any atom is 0.134 e. The standard InChI is InChI=1S/C15H25N3O/c1-4-12(2)17-8-10-18(11-9-17)15-14(13(3)19)6-5-7-16-15/h5-7,12-13,19H,4,8-11H2,1-3H3/t12?,13-/m1/s1. The molecule has 0 saturated carbocycles. The highest BCUT2D eigenvalue weighted by Crippen LogP contribution is 2.24. The summed E-state index contributed by atoms with van der Waals surface area (Å²) in [5, 5.41) is 9.84. The van der Waals surface area contributed by atoms with Gasteiger partial charge in [0.15, 0.2) is 0 Å². The summed E-state index contributed by atoms with van der Waals surface area (Å²) in [4.78, 5) is 9.28. The molecule has 1 N–H and O–H groups in total. The van der Waals surface area contributed by atoms with Crippen LogP contribution >= 0.6 is 0 Å². The number of aliphatic hydroxyl groups is 1. The summed E-state index contributed by atoms with van der Waals surface area (Å²) in [6, 6.07) is 4.51. The fraction of sp³-hybridized carbons (Fsp3) is 0.667. The minimum absolute atomic E-state index is 0.462. The molecule has 0 aliphatic carbocycles. The first-order valence-corrected chi connectivity index (χ1v) is 7.25. The van der Waals surface area contributed by atoms with Crippen molar-refractivity contribution in [3.05, 3.63) is 23.9 Å². The number of nitrogens with zero attached hydrogens (tertiary/aromatic N) is 3. The molecule has 1 aromatic rings. The highest BCUT2D eigenvalue weighted by molar-refractivity contribution is 5.48. The molecule has 106 valence electrons. The third-order valence-electron chi connectivity index (χ3n) is 4.09. The molecule has 2 atom stereocenters. The molecule has 1 aliphatic rings. The van der Waals surface area contributed by atoms with E-state index < -0.39 is 6.10 Å². The van der Waals surface area contributed by atoms with E-state index in [9.17, 15) is 5.11 Å². The van der Waals surface area contributed by atoms with Gasteiger partial charge in [0.1, 0.15) is 5.82 Å². The van der Waals surface area contributed by atoms with Crippen molar-refractivity contribution in [2.75, 3.05) is 31.1 Å². The maximum absolute atomic E-state index is 9.84. The Bertz CT molecular complexity index is 400. The average Bonchev–Trinajstić information content (AvgIpc) is 2.46. The van der Waals surface area contributed by atoms with Gasteiger partial charge in [-0.3, -0.25) is 4.90 Å². The van der Waals surface area contributed by atoms with Crippen molar-refractivity contribution in [1.29, 1.82) is 0 Å². The van der Waals surface area contributed by atoms with Gasteiger partial charge in [0, 0.05) is 44.0 Å². The van der Waals surface area contributed by atoms with E-state index in [2.05, 4.69) is 28.6 Å². The molecule has 2 heterocycles. The van der Waals surface area contributed by atoms with Crippen molar-refractivity contribution in [3.8, 4) is 0 Å². The third-order valence-corrected chi connectivity index (χ3v) is 4.09. The van der Waals surface area contributed by atoms with Gasteiger partial charge in [-0.05, 0) is 26.3 Å². The van der Waals surface area contributed by atoms with E-state index in [0.29, 0.717) is 6.04 Å². The molecule has 1 aliphatic heterocycles. The average molecular weight is 263 g/mol. The number of aliphatic hydroxyl groups excluding tert-OH is 1. The van der Waals surface area contributed by atoms with E-state index in [1.807, 2.05) is 18.3 Å². The number of pyridine rings is 1. The lowest BCUT2D eigenvalue weighted by Crippen LogP contribution is -2.50. The van der Waals surface area contributed by atoms with Crippen LogP contribution in [0.15, 0.2) is 18.3 Å². The van der Waals surface area contributed by atoms with Crippen molar-refractivity contribution in [1.82, 2.24) is 9.88 Å². The molecule has 0 radical (unpaired) electrons. The third kappa shape index (κ3) is 3.25. The molecule has 1 saturated heterocycles. The Kier molecular flexibility index (Phi) is 4.77. The molecular formula is C15H25N3O. The van der Waals surface area contributed by atoms with Crippen molar-refractivity contribution < 1.29 is 5.11 Å². The van der Waals surface area contributed by atoms with Crippen LogP contribution in [0.25, 0.3) is 0 Å². The number of aromatic nitrogens is 1. The lowest BCUT2D eigenvalue weighted by Gasteiger charge is -2.39. The molecule has 0 spiro atoms. The van der Waals surface area contributed by atoms with Crippen LogP contribution < -0.4 is 4.90 Å². The smallest absolute Gasteiger partial charge is 0.134 e. The molecule has 0 aromatic carbocycles. The summed E-state index contributed by atoms with van der Waals surface area (Å²) in [5.41, 5.74) is 0.930. The van der Waals surface area contributed by atoms with Crippen LogP contribution in [0.3, 0.4) is 0 Å². The maximum atomic E-state index is 9.84. The molecule has 0 amide bonds. The van der Waals surface area contributed by atoms with Crippen molar-refractivity contribution >= 4 is 5.82 Å². The minimum atomic E-state index is -0.462. The lowest BCUT2D eigenvalue weighted by molar-refractivity contribution is 0.188. The molecule has 4 heteroatoms. The van der Waals surface area contributed by atoms with Gasteiger partial charge < -0.3 is 10.0 Å². The van der Waals surface area contributed by atoms with E-state index in [4.69, 9.17) is 0 Å². The summed E-state index contributed by atoms with van der Waals surface area (Å²) >= 11 is 0. The second kappa shape index (κ2) is 6.35. The lowest BCUT2D eigenvalue weighted by atomic mass is 10.1. The van der Waals surface area contributed by atoms with Crippen LogP contribution in [0.5, 0.6) is 0 Å². The van der Waals surface area contributed by atoms with Crippen molar-refractivity contribution in [3.63, 3.8) is 0 Å². The zero-order valence-electron chi connectivity index (χ0n) is 12.2. The highest BCUT2D eigenvalue weighted by atomic mass is 16.3. The van der Waals surface area contributed by atoms with Gasteiger partial charge in [-0.1, -0.05) is 13.0 Å². The quantitative estimate of drug-likeness (QED) is 0.902. The second-order valence-corrected chi connectivity index (χ2v) is 5.37. The monoisotopic (exact) mass is 263 g/mol. The first-order chi connectivity index (χ1) is 9.13. The zero-order chi connectivity index (χ0) is 13.8. The molecule has 1 unspecified atom stereocenters. The van der Waals surface area contributed by atoms with E-state index in [-0.39, 0.29) is 0 Å². The second-order valence-electron chi connectivity index (χ2n) is 5.37. The van der Waals surface area contributed by atoms with E-state index in [0.717, 1.165) is 37.6 Å². The predicted octanol–water partition coefficient (Wildman–Crippen LogP) is 2.06. The number of piperazine rings is 1. The van der Waals surface area contributed by atoms with Gasteiger partial charge in [-0.25, -0.2) is 4.98 Å². The summed E-state index contributed by atoms with van der Waals surface area (Å²) in [6.07, 6.45) is 2.54. The number of hydrogen-bond donors (Lipinski definition) is 1. The first-order valence-electron chi connectivity index (χ1n) is 7.25. The van der Waals surface area contributed by atoms with Crippen LogP contribution in [0, 0.1) is 0 Å². The molecule has 0 bridgehead atoms. The zero-order valence-corrected chi connectivity index (χ0v) is 12.2. The fourth-order valence-electron chi connectivity index (χ4n) is 2.63. The molecule has 1 fully saturated rings. The summed E-state index contributed by atoms with van der Waals surface area (Å²) in [6.45, 7) is 10.5. The highest BCUT2D eigenvalue weighted by Gasteiger charge is 2.23. The summed E-state index contributed by atoms with van der Waals surface area (Å²) in [5.74, 6) is 0.946. The van der Waals surface area contributed by atoms with Gasteiger partial charge in [0.05, 0.1) is 6.10 Å². The number of anilines is 1. The largest absolute Gasteiger partial charge is 0.389 e. The van der Waals surface area contributed by atoms with Gasteiger partial charge in [-0.2, -0.15) is 0 Å². The molecule has 19 heavy (non-hydrogen) atoms. The molecule has 4 nitrogen and oxygen atoms in total. The normalized spacial score (nSPS) is 20.3. The molecular weight excluding hydrogens is 238 g/mol. The topological polar surface area (TPSA) is 39.6 Å². The Morgan fingerprint density at radius 3 is 2.53 bits per heavy atom. The van der Waals surface area contributed by atoms with Crippen LogP contribution in [-0.4, -0.2) is 47.2 Å². The Morgan fingerprint density at radius 2 is 1.95 bits per heavy atom. The Morgan fingerprint density at radius 1 is 1.26 bits per heavy atom. The Balaban J connectivity index is 2.06. The van der Waals surface area contributed by atoms with Gasteiger partial charge in [0.2, 0.25) is 0 Å². The first kappa shape index (κ1) is 14.3.